The molecule has 3 fully saturated rings. The fraction of sp³-hybridized carbons (Fsp3) is 1.00. The molecule has 5 heteroatoms. The summed E-state index contributed by atoms with van der Waals surface area (Å²) in [7, 11) is -2.82. The Balaban J connectivity index is 1.88. The molecule has 2 bridgehead atoms. The Morgan fingerprint density at radius 3 is 2.40 bits per heavy atom. The third-order valence-electron chi connectivity index (χ3n) is 4.00. The maximum atomic E-state index is 11.9. The van der Waals surface area contributed by atoms with Crippen molar-refractivity contribution in [1.29, 1.82) is 0 Å². The number of hydrogen-bond donors (Lipinski definition) is 1. The van der Waals surface area contributed by atoms with Gasteiger partial charge in [0.05, 0.1) is 17.1 Å². The first kappa shape index (κ1) is 10.1. The summed E-state index contributed by atoms with van der Waals surface area (Å²) >= 11 is 0. The monoisotopic (exact) mass is 231 g/mol. The minimum atomic E-state index is -2.82. The van der Waals surface area contributed by atoms with Gasteiger partial charge in [0.25, 0.3) is 0 Å². The third-order valence-corrected chi connectivity index (χ3v) is 6.66. The van der Waals surface area contributed by atoms with E-state index in [9.17, 15) is 8.42 Å². The van der Waals surface area contributed by atoms with Gasteiger partial charge in [0.1, 0.15) is 5.72 Å². The fourth-order valence-corrected chi connectivity index (χ4v) is 5.67. The van der Waals surface area contributed by atoms with Crippen molar-refractivity contribution in [2.75, 3.05) is 13.2 Å². The Morgan fingerprint density at radius 1 is 1.20 bits per heavy atom. The van der Waals surface area contributed by atoms with Crippen molar-refractivity contribution in [3.8, 4) is 0 Å². The summed E-state index contributed by atoms with van der Waals surface area (Å²) in [6, 6.07) is 0. The van der Waals surface area contributed by atoms with Gasteiger partial charge in [-0.2, -0.15) is 0 Å². The summed E-state index contributed by atoms with van der Waals surface area (Å²) in [5, 5.41) is 3.08. The SMILES string of the molecule is O=S1(=O)C2CCC1CC1(C2)NCCCO1. The normalized spacial score (nSPS) is 48.3. The molecule has 15 heavy (non-hydrogen) atoms. The van der Waals surface area contributed by atoms with Crippen molar-refractivity contribution >= 4 is 9.84 Å². The van der Waals surface area contributed by atoms with E-state index < -0.39 is 9.84 Å². The molecule has 3 rings (SSSR count). The van der Waals surface area contributed by atoms with Gasteiger partial charge in [-0.15, -0.1) is 0 Å². The van der Waals surface area contributed by atoms with Crippen molar-refractivity contribution in [2.45, 2.75) is 48.3 Å². The van der Waals surface area contributed by atoms with E-state index in [2.05, 4.69) is 5.32 Å². The first-order chi connectivity index (χ1) is 7.12. The Morgan fingerprint density at radius 2 is 1.87 bits per heavy atom. The van der Waals surface area contributed by atoms with E-state index in [4.69, 9.17) is 4.74 Å². The maximum absolute atomic E-state index is 11.9. The van der Waals surface area contributed by atoms with Crippen LogP contribution in [0, 0.1) is 0 Å². The third kappa shape index (κ3) is 1.44. The lowest BCUT2D eigenvalue weighted by Gasteiger charge is -2.43. The molecular weight excluding hydrogens is 214 g/mol. The summed E-state index contributed by atoms with van der Waals surface area (Å²) in [5.41, 5.74) is -0.310. The van der Waals surface area contributed by atoms with Crippen LogP contribution in [0.25, 0.3) is 0 Å². The molecule has 0 amide bonds. The zero-order valence-corrected chi connectivity index (χ0v) is 9.55. The molecule has 3 aliphatic heterocycles. The van der Waals surface area contributed by atoms with E-state index in [-0.39, 0.29) is 16.2 Å². The molecule has 0 aromatic rings. The average molecular weight is 231 g/mol. The molecule has 1 N–H and O–H groups in total. The number of nitrogens with one attached hydrogen (secondary N) is 1. The van der Waals surface area contributed by atoms with Crippen LogP contribution in [-0.2, 0) is 14.6 Å². The van der Waals surface area contributed by atoms with Gasteiger partial charge in [0, 0.05) is 12.8 Å². The largest absolute Gasteiger partial charge is 0.361 e. The molecule has 0 aliphatic carbocycles. The molecule has 0 aromatic carbocycles. The average Bonchev–Trinajstić information content (AvgIpc) is 2.40. The van der Waals surface area contributed by atoms with Gasteiger partial charge < -0.3 is 4.74 Å². The van der Waals surface area contributed by atoms with Gasteiger partial charge in [-0.05, 0) is 25.8 Å². The van der Waals surface area contributed by atoms with E-state index in [1.54, 1.807) is 0 Å². The van der Waals surface area contributed by atoms with E-state index in [1.807, 2.05) is 0 Å². The van der Waals surface area contributed by atoms with Crippen molar-refractivity contribution in [3.63, 3.8) is 0 Å². The van der Waals surface area contributed by atoms with Crippen LogP contribution in [0.1, 0.15) is 32.1 Å². The first-order valence-corrected chi connectivity index (χ1v) is 7.35. The molecule has 1 spiro atoms. The van der Waals surface area contributed by atoms with Gasteiger partial charge in [-0.25, -0.2) is 8.42 Å². The minimum Gasteiger partial charge on any atom is -0.361 e. The Kier molecular flexibility index (Phi) is 2.13. The molecule has 3 saturated heterocycles. The van der Waals surface area contributed by atoms with E-state index >= 15 is 0 Å². The Labute approximate surface area is 90.3 Å². The van der Waals surface area contributed by atoms with Crippen molar-refractivity contribution < 1.29 is 13.2 Å². The molecule has 86 valence electrons. The van der Waals surface area contributed by atoms with Gasteiger partial charge >= 0.3 is 0 Å². The highest BCUT2D eigenvalue weighted by molar-refractivity contribution is 7.93. The minimum absolute atomic E-state index is 0.151. The number of sulfone groups is 1. The second kappa shape index (κ2) is 3.18. The summed E-state index contributed by atoms with van der Waals surface area (Å²) < 4.78 is 29.6. The molecule has 0 aromatic heterocycles. The van der Waals surface area contributed by atoms with Crippen LogP contribution in [0.2, 0.25) is 0 Å². The lowest BCUT2D eigenvalue weighted by molar-refractivity contribution is -0.106. The smallest absolute Gasteiger partial charge is 0.156 e. The molecule has 2 atom stereocenters. The summed E-state index contributed by atoms with van der Waals surface area (Å²) in [6.07, 6.45) is 4.01. The topological polar surface area (TPSA) is 55.4 Å². The highest BCUT2D eigenvalue weighted by atomic mass is 32.2. The van der Waals surface area contributed by atoms with Crippen LogP contribution in [0.4, 0.5) is 0 Å². The lowest BCUT2D eigenvalue weighted by Crippen LogP contribution is -2.58. The molecule has 0 saturated carbocycles. The molecule has 2 unspecified atom stereocenters. The summed E-state index contributed by atoms with van der Waals surface area (Å²) in [5.74, 6) is 0. The van der Waals surface area contributed by atoms with Crippen LogP contribution >= 0.6 is 0 Å². The molecule has 0 radical (unpaired) electrons. The van der Waals surface area contributed by atoms with E-state index in [0.29, 0.717) is 12.8 Å². The summed E-state index contributed by atoms with van der Waals surface area (Å²) in [4.78, 5) is 0. The van der Waals surface area contributed by atoms with Crippen LogP contribution < -0.4 is 5.32 Å². The number of hydrogen-bond acceptors (Lipinski definition) is 4. The second-order valence-corrected chi connectivity index (χ2v) is 7.45. The molecule has 3 aliphatic rings. The van der Waals surface area contributed by atoms with Crippen molar-refractivity contribution in [3.05, 3.63) is 0 Å². The molecule has 3 heterocycles. The highest BCUT2D eigenvalue weighted by Gasteiger charge is 2.54. The zero-order valence-electron chi connectivity index (χ0n) is 8.74. The quantitative estimate of drug-likeness (QED) is 0.657. The van der Waals surface area contributed by atoms with Crippen LogP contribution in [0.3, 0.4) is 0 Å². The number of rotatable bonds is 0. The molecule has 4 nitrogen and oxygen atoms in total. The van der Waals surface area contributed by atoms with Crippen LogP contribution in [0.15, 0.2) is 0 Å². The van der Waals surface area contributed by atoms with E-state index in [0.717, 1.165) is 32.4 Å². The number of fused-ring (bicyclic) bond motifs is 2. The van der Waals surface area contributed by atoms with Crippen LogP contribution in [-0.4, -0.2) is 37.8 Å². The Hall–Kier alpha value is -0.130. The standard InChI is InChI=1S/C10H17NO3S/c12-15(13)8-2-3-9(15)7-10(6-8)11-4-1-5-14-10/h8-9,11H,1-7H2. The zero-order chi connectivity index (χ0) is 10.5. The highest BCUT2D eigenvalue weighted by Crippen LogP contribution is 2.44. The fourth-order valence-electron chi connectivity index (χ4n) is 3.20. The molecular formula is C10H17NO3S. The number of ether oxygens (including phenoxy) is 1. The van der Waals surface area contributed by atoms with Gasteiger partial charge in [0.15, 0.2) is 9.84 Å². The maximum Gasteiger partial charge on any atom is 0.156 e. The van der Waals surface area contributed by atoms with Crippen molar-refractivity contribution in [1.82, 2.24) is 5.32 Å². The summed E-state index contributed by atoms with van der Waals surface area (Å²) in [6.45, 7) is 1.73. The predicted octanol–water partition coefficient (Wildman–Crippen LogP) is 0.432. The second-order valence-electron chi connectivity index (χ2n) is 4.94. The van der Waals surface area contributed by atoms with Crippen LogP contribution in [0.5, 0.6) is 0 Å². The van der Waals surface area contributed by atoms with Gasteiger partial charge in [-0.1, -0.05) is 0 Å². The Bertz CT molecular complexity index is 337. The van der Waals surface area contributed by atoms with Crippen molar-refractivity contribution in [2.24, 2.45) is 0 Å². The van der Waals surface area contributed by atoms with E-state index in [1.165, 1.54) is 0 Å². The lowest BCUT2D eigenvalue weighted by atomic mass is 10.0. The first-order valence-electron chi connectivity index (χ1n) is 5.74. The van der Waals surface area contributed by atoms with Gasteiger partial charge in [-0.3, -0.25) is 5.32 Å². The van der Waals surface area contributed by atoms with Gasteiger partial charge in [0.2, 0.25) is 0 Å². The predicted molar refractivity (Wildman–Crippen MR) is 56.3 cm³/mol.